The Balaban J connectivity index is 1.91. The molecule has 0 fully saturated rings. The average molecular weight is 298 g/mol. The molecule has 2 rings (SSSR count). The Morgan fingerprint density at radius 2 is 1.91 bits per heavy atom. The summed E-state index contributed by atoms with van der Waals surface area (Å²) in [5.74, 6) is -0.436. The van der Waals surface area contributed by atoms with E-state index in [9.17, 15) is 9.18 Å². The van der Waals surface area contributed by atoms with Gasteiger partial charge in [-0.3, -0.25) is 4.79 Å². The predicted molar refractivity (Wildman–Crippen MR) is 81.6 cm³/mol. The van der Waals surface area contributed by atoms with Gasteiger partial charge in [-0.15, -0.1) is 0 Å². The van der Waals surface area contributed by atoms with Crippen molar-refractivity contribution >= 4 is 11.6 Å². The summed E-state index contributed by atoms with van der Waals surface area (Å²) in [5.41, 5.74) is 1.92. The van der Waals surface area contributed by atoms with Crippen LogP contribution in [0.15, 0.2) is 48.5 Å². The summed E-state index contributed by atoms with van der Waals surface area (Å²) < 4.78 is 12.9. The van der Waals surface area contributed by atoms with E-state index in [-0.39, 0.29) is 18.3 Å². The number of carbonyl (C=O) groups excluding carboxylic acids is 1. The summed E-state index contributed by atoms with van der Waals surface area (Å²) in [5, 5.41) is 11.7. The molecule has 112 valence electrons. The van der Waals surface area contributed by atoms with Crippen LogP contribution >= 0.6 is 0 Å². The van der Waals surface area contributed by atoms with E-state index in [4.69, 9.17) is 5.26 Å². The molecule has 0 aliphatic heterocycles. The van der Waals surface area contributed by atoms with E-state index >= 15 is 0 Å². The van der Waals surface area contributed by atoms with Crippen molar-refractivity contribution in [1.29, 1.82) is 5.26 Å². The van der Waals surface area contributed by atoms with Gasteiger partial charge in [-0.25, -0.2) is 4.39 Å². The lowest BCUT2D eigenvalue weighted by molar-refractivity contribution is -0.885. The minimum absolute atomic E-state index is 0.165. The van der Waals surface area contributed by atoms with Crippen molar-refractivity contribution in [2.45, 2.75) is 6.54 Å². The maximum atomic E-state index is 12.9. The maximum Gasteiger partial charge on any atom is 0.279 e. The minimum Gasteiger partial charge on any atom is -0.326 e. The Morgan fingerprint density at radius 3 is 2.59 bits per heavy atom. The van der Waals surface area contributed by atoms with Gasteiger partial charge in [0.05, 0.1) is 18.3 Å². The second-order valence-electron chi connectivity index (χ2n) is 5.14. The number of nitrogens with zero attached hydrogens (tertiary/aromatic N) is 1. The lowest BCUT2D eigenvalue weighted by Crippen LogP contribution is -3.08. The molecule has 4 nitrogen and oxygen atoms in total. The van der Waals surface area contributed by atoms with Crippen molar-refractivity contribution in [2.24, 2.45) is 0 Å². The number of benzene rings is 2. The molecule has 1 unspecified atom stereocenters. The number of carbonyl (C=O) groups is 1. The quantitative estimate of drug-likeness (QED) is 0.875. The van der Waals surface area contributed by atoms with Crippen LogP contribution in [0.2, 0.25) is 0 Å². The number of hydrogen-bond acceptors (Lipinski definition) is 2. The summed E-state index contributed by atoms with van der Waals surface area (Å²) >= 11 is 0. The average Bonchev–Trinajstić information content (AvgIpc) is 2.50. The van der Waals surface area contributed by atoms with Gasteiger partial charge in [0.15, 0.2) is 6.54 Å². The van der Waals surface area contributed by atoms with E-state index < -0.39 is 0 Å². The fraction of sp³-hybridized carbons (Fsp3) is 0.176. The van der Waals surface area contributed by atoms with E-state index in [1.54, 1.807) is 36.4 Å². The highest BCUT2D eigenvalue weighted by Crippen LogP contribution is 2.12. The molecule has 0 bridgehead atoms. The maximum absolute atomic E-state index is 12.9. The van der Waals surface area contributed by atoms with Crippen LogP contribution in [0.5, 0.6) is 0 Å². The van der Waals surface area contributed by atoms with Crippen LogP contribution in [-0.4, -0.2) is 19.5 Å². The molecule has 0 saturated carbocycles. The zero-order valence-electron chi connectivity index (χ0n) is 12.3. The Morgan fingerprint density at radius 1 is 1.23 bits per heavy atom. The lowest BCUT2D eigenvalue weighted by atomic mass is 10.2. The molecule has 0 radical (unpaired) electrons. The number of hydrogen-bond donors (Lipinski definition) is 2. The van der Waals surface area contributed by atoms with Gasteiger partial charge in [0.1, 0.15) is 18.4 Å². The number of para-hydroxylation sites is 1. The van der Waals surface area contributed by atoms with Crippen molar-refractivity contribution < 1.29 is 14.1 Å². The number of halogens is 1. The second kappa shape index (κ2) is 7.34. The molecule has 1 atom stereocenters. The van der Waals surface area contributed by atoms with Gasteiger partial charge in [-0.2, -0.15) is 5.26 Å². The van der Waals surface area contributed by atoms with Crippen molar-refractivity contribution in [1.82, 2.24) is 0 Å². The molecule has 0 aliphatic rings. The van der Waals surface area contributed by atoms with E-state index in [1.165, 1.54) is 12.1 Å². The molecule has 0 spiro atoms. The highest BCUT2D eigenvalue weighted by molar-refractivity contribution is 5.92. The summed E-state index contributed by atoms with van der Waals surface area (Å²) in [6.07, 6.45) is 0. The third kappa shape index (κ3) is 4.40. The number of likely N-dealkylation sites (N-methyl/N-ethyl adjacent to an activating group) is 1. The first-order chi connectivity index (χ1) is 10.6. The van der Waals surface area contributed by atoms with Crippen LogP contribution in [-0.2, 0) is 11.3 Å². The lowest BCUT2D eigenvalue weighted by Gasteiger charge is -2.14. The van der Waals surface area contributed by atoms with Crippen molar-refractivity contribution in [2.75, 3.05) is 18.9 Å². The van der Waals surface area contributed by atoms with Crippen LogP contribution in [0.25, 0.3) is 0 Å². The first-order valence-corrected chi connectivity index (χ1v) is 6.93. The Labute approximate surface area is 128 Å². The van der Waals surface area contributed by atoms with Crippen LogP contribution < -0.4 is 10.2 Å². The topological polar surface area (TPSA) is 57.3 Å². The van der Waals surface area contributed by atoms with E-state index in [1.807, 2.05) is 13.1 Å². The number of quaternary nitrogens is 1. The first-order valence-electron chi connectivity index (χ1n) is 6.93. The number of nitriles is 1. The van der Waals surface area contributed by atoms with Gasteiger partial charge >= 0.3 is 0 Å². The molecule has 5 heteroatoms. The van der Waals surface area contributed by atoms with Crippen molar-refractivity contribution in [3.63, 3.8) is 0 Å². The molecule has 2 aromatic carbocycles. The Hall–Kier alpha value is -2.71. The summed E-state index contributed by atoms with van der Waals surface area (Å²) in [7, 11) is 1.89. The van der Waals surface area contributed by atoms with Gasteiger partial charge in [0, 0.05) is 5.56 Å². The first kappa shape index (κ1) is 15.7. The van der Waals surface area contributed by atoms with Crippen molar-refractivity contribution in [3.05, 3.63) is 65.5 Å². The van der Waals surface area contributed by atoms with Gasteiger partial charge in [-0.1, -0.05) is 24.3 Å². The zero-order chi connectivity index (χ0) is 15.9. The van der Waals surface area contributed by atoms with Gasteiger partial charge in [0.2, 0.25) is 0 Å². The van der Waals surface area contributed by atoms with Crippen LogP contribution in [0.4, 0.5) is 10.1 Å². The van der Waals surface area contributed by atoms with Crippen LogP contribution in [0.1, 0.15) is 11.1 Å². The van der Waals surface area contributed by atoms with E-state index in [0.717, 1.165) is 10.5 Å². The molecular formula is C17H17FN3O+. The Bertz CT molecular complexity index is 692. The SMILES string of the molecule is C[NH+](CC(=O)Nc1ccccc1C#N)Cc1ccc(F)cc1. The smallest absolute Gasteiger partial charge is 0.279 e. The second-order valence-corrected chi connectivity index (χ2v) is 5.14. The molecular weight excluding hydrogens is 281 g/mol. The summed E-state index contributed by atoms with van der Waals surface area (Å²) in [4.78, 5) is 13.0. The minimum atomic E-state index is -0.271. The molecule has 0 aromatic heterocycles. The molecule has 0 heterocycles. The monoisotopic (exact) mass is 298 g/mol. The molecule has 0 saturated heterocycles. The zero-order valence-corrected chi connectivity index (χ0v) is 12.3. The van der Waals surface area contributed by atoms with E-state index in [0.29, 0.717) is 17.8 Å². The molecule has 2 N–H and O–H groups in total. The highest BCUT2D eigenvalue weighted by atomic mass is 19.1. The van der Waals surface area contributed by atoms with Crippen molar-refractivity contribution in [3.8, 4) is 6.07 Å². The Kier molecular flexibility index (Phi) is 5.23. The van der Waals surface area contributed by atoms with Gasteiger partial charge < -0.3 is 10.2 Å². The largest absolute Gasteiger partial charge is 0.326 e. The molecule has 0 aliphatic carbocycles. The third-order valence-electron chi connectivity index (χ3n) is 3.20. The van der Waals surface area contributed by atoms with Gasteiger partial charge in [0.25, 0.3) is 5.91 Å². The molecule has 22 heavy (non-hydrogen) atoms. The number of rotatable bonds is 5. The fourth-order valence-electron chi connectivity index (χ4n) is 2.17. The number of amides is 1. The fourth-order valence-corrected chi connectivity index (χ4v) is 2.17. The molecule has 1 amide bonds. The molecule has 2 aromatic rings. The normalized spacial score (nSPS) is 11.5. The number of nitrogens with one attached hydrogen (secondary N) is 2. The highest BCUT2D eigenvalue weighted by Gasteiger charge is 2.12. The van der Waals surface area contributed by atoms with Crippen LogP contribution in [0, 0.1) is 17.1 Å². The summed E-state index contributed by atoms with van der Waals surface area (Å²) in [6, 6.07) is 15.2. The van der Waals surface area contributed by atoms with E-state index in [2.05, 4.69) is 5.32 Å². The van der Waals surface area contributed by atoms with Gasteiger partial charge in [-0.05, 0) is 24.3 Å². The third-order valence-corrected chi connectivity index (χ3v) is 3.20. The van der Waals surface area contributed by atoms with Crippen LogP contribution in [0.3, 0.4) is 0 Å². The standard InChI is InChI=1S/C17H16FN3O/c1-21(11-13-6-8-15(18)9-7-13)12-17(22)20-16-5-3-2-4-14(16)10-19/h2-9H,11-12H2,1H3,(H,20,22)/p+1. The summed E-state index contributed by atoms with van der Waals surface area (Å²) in [6.45, 7) is 0.880. The predicted octanol–water partition coefficient (Wildman–Crippen LogP) is 1.35. The number of anilines is 1.